The van der Waals surface area contributed by atoms with Gasteiger partial charge in [-0.05, 0) is 23.6 Å². The van der Waals surface area contributed by atoms with Gasteiger partial charge in [-0.2, -0.15) is 0 Å². The van der Waals surface area contributed by atoms with Crippen LogP contribution < -0.4 is 9.47 Å². The molecule has 0 unspecified atom stereocenters. The third kappa shape index (κ3) is 2.44. The highest BCUT2D eigenvalue weighted by Gasteiger charge is 2.19. The van der Waals surface area contributed by atoms with Crippen LogP contribution in [0.2, 0.25) is 0 Å². The molecule has 1 aromatic carbocycles. The van der Waals surface area contributed by atoms with Gasteiger partial charge in [0.25, 0.3) is 0 Å². The molecular formula is C15H15N3O3S. The number of aromatic nitrogens is 3. The first kappa shape index (κ1) is 14.6. The number of aliphatic hydroxyl groups is 1. The minimum Gasteiger partial charge on any atom is -0.497 e. The first-order valence-electron chi connectivity index (χ1n) is 6.60. The van der Waals surface area contributed by atoms with Crippen molar-refractivity contribution in [2.24, 2.45) is 0 Å². The minimum absolute atomic E-state index is 0.181. The van der Waals surface area contributed by atoms with Crippen LogP contribution in [0.4, 0.5) is 0 Å². The molecule has 0 aliphatic rings. The second-order valence-corrected chi connectivity index (χ2v) is 5.42. The predicted octanol–water partition coefficient (Wildman–Crippen LogP) is 2.51. The van der Waals surface area contributed by atoms with Gasteiger partial charge in [0.1, 0.15) is 28.6 Å². The summed E-state index contributed by atoms with van der Waals surface area (Å²) in [6.07, 6.45) is 0. The molecule has 6 nitrogen and oxygen atoms in total. The maximum absolute atomic E-state index is 9.54. The maximum atomic E-state index is 9.54. The van der Waals surface area contributed by atoms with Gasteiger partial charge in [0, 0.05) is 6.07 Å². The number of ether oxygens (including phenoxy) is 2. The van der Waals surface area contributed by atoms with E-state index in [-0.39, 0.29) is 6.61 Å². The van der Waals surface area contributed by atoms with Crippen LogP contribution in [-0.4, -0.2) is 34.3 Å². The van der Waals surface area contributed by atoms with Gasteiger partial charge in [0.2, 0.25) is 0 Å². The molecule has 2 heterocycles. The molecule has 114 valence electrons. The van der Waals surface area contributed by atoms with Crippen LogP contribution in [0.15, 0.2) is 35.7 Å². The van der Waals surface area contributed by atoms with Crippen molar-refractivity contribution in [1.29, 1.82) is 0 Å². The standard InChI is InChI=1S/C15H15N3O3S/c1-20-10-5-6-13(21-2)12(8-10)18-15(11(9-19)16-17-18)14-4-3-7-22-14/h3-8,19H,9H2,1-2H3. The summed E-state index contributed by atoms with van der Waals surface area (Å²) < 4.78 is 12.4. The van der Waals surface area contributed by atoms with Gasteiger partial charge in [-0.15, -0.1) is 16.4 Å². The van der Waals surface area contributed by atoms with E-state index in [1.165, 1.54) is 0 Å². The molecule has 7 heteroatoms. The normalized spacial score (nSPS) is 10.7. The lowest BCUT2D eigenvalue weighted by Gasteiger charge is -2.12. The van der Waals surface area contributed by atoms with E-state index in [1.54, 1.807) is 30.2 Å². The lowest BCUT2D eigenvalue weighted by atomic mass is 10.2. The van der Waals surface area contributed by atoms with E-state index in [1.807, 2.05) is 35.7 Å². The summed E-state index contributed by atoms with van der Waals surface area (Å²) in [5, 5.41) is 19.8. The Hall–Kier alpha value is -2.38. The van der Waals surface area contributed by atoms with Crippen LogP contribution >= 0.6 is 11.3 Å². The molecule has 0 saturated carbocycles. The smallest absolute Gasteiger partial charge is 0.144 e. The lowest BCUT2D eigenvalue weighted by Crippen LogP contribution is -2.03. The molecule has 0 saturated heterocycles. The number of benzene rings is 1. The molecule has 3 aromatic rings. The number of rotatable bonds is 5. The summed E-state index contributed by atoms with van der Waals surface area (Å²) in [6, 6.07) is 9.36. The summed E-state index contributed by atoms with van der Waals surface area (Å²) in [5.41, 5.74) is 1.98. The highest BCUT2D eigenvalue weighted by molar-refractivity contribution is 7.13. The highest BCUT2D eigenvalue weighted by atomic mass is 32.1. The molecule has 0 aliphatic heterocycles. The third-order valence-electron chi connectivity index (χ3n) is 3.26. The molecule has 0 atom stereocenters. The summed E-state index contributed by atoms with van der Waals surface area (Å²) >= 11 is 1.56. The minimum atomic E-state index is -0.181. The molecular weight excluding hydrogens is 302 g/mol. The molecule has 2 aromatic heterocycles. The number of thiophene rings is 1. The van der Waals surface area contributed by atoms with Crippen molar-refractivity contribution in [3.8, 4) is 27.8 Å². The predicted molar refractivity (Wildman–Crippen MR) is 83.7 cm³/mol. The van der Waals surface area contributed by atoms with E-state index in [2.05, 4.69) is 10.3 Å². The van der Waals surface area contributed by atoms with Gasteiger partial charge < -0.3 is 14.6 Å². The van der Waals surface area contributed by atoms with Crippen molar-refractivity contribution in [1.82, 2.24) is 15.0 Å². The van der Waals surface area contributed by atoms with Crippen LogP contribution in [0.5, 0.6) is 11.5 Å². The fourth-order valence-corrected chi connectivity index (χ4v) is 2.99. The Morgan fingerprint density at radius 1 is 1.23 bits per heavy atom. The number of methoxy groups -OCH3 is 2. The zero-order valence-electron chi connectivity index (χ0n) is 12.2. The first-order chi connectivity index (χ1) is 10.8. The zero-order valence-corrected chi connectivity index (χ0v) is 13.0. The largest absolute Gasteiger partial charge is 0.497 e. The van der Waals surface area contributed by atoms with Crippen molar-refractivity contribution >= 4 is 11.3 Å². The Morgan fingerprint density at radius 2 is 2.09 bits per heavy atom. The second-order valence-electron chi connectivity index (χ2n) is 4.47. The Kier molecular flexibility index (Phi) is 4.08. The second kappa shape index (κ2) is 6.17. The Morgan fingerprint density at radius 3 is 2.73 bits per heavy atom. The molecule has 1 N–H and O–H groups in total. The van der Waals surface area contributed by atoms with Gasteiger partial charge in [-0.25, -0.2) is 4.68 Å². The van der Waals surface area contributed by atoms with Gasteiger partial charge in [-0.1, -0.05) is 11.3 Å². The molecule has 0 bridgehead atoms. The summed E-state index contributed by atoms with van der Waals surface area (Å²) in [4.78, 5) is 0.971. The quantitative estimate of drug-likeness (QED) is 0.783. The van der Waals surface area contributed by atoms with Crippen molar-refractivity contribution in [2.75, 3.05) is 14.2 Å². The zero-order chi connectivity index (χ0) is 15.5. The Balaban J connectivity index is 2.23. The summed E-state index contributed by atoms with van der Waals surface area (Å²) in [5.74, 6) is 1.34. The third-order valence-corrected chi connectivity index (χ3v) is 4.14. The van der Waals surface area contributed by atoms with Crippen LogP contribution in [0, 0.1) is 0 Å². The van der Waals surface area contributed by atoms with E-state index in [4.69, 9.17) is 9.47 Å². The average Bonchev–Trinajstić information content (AvgIpc) is 3.22. The Bertz CT molecular complexity index is 768. The molecule has 0 aliphatic carbocycles. The van der Waals surface area contributed by atoms with Crippen molar-refractivity contribution < 1.29 is 14.6 Å². The summed E-state index contributed by atoms with van der Waals surface area (Å²) in [6.45, 7) is -0.181. The fourth-order valence-electron chi connectivity index (χ4n) is 2.21. The van der Waals surface area contributed by atoms with E-state index in [9.17, 15) is 5.11 Å². The number of hydrogen-bond acceptors (Lipinski definition) is 6. The number of aliphatic hydroxyl groups excluding tert-OH is 1. The number of nitrogens with zero attached hydrogens (tertiary/aromatic N) is 3. The first-order valence-corrected chi connectivity index (χ1v) is 7.48. The molecule has 0 fully saturated rings. The lowest BCUT2D eigenvalue weighted by molar-refractivity contribution is 0.277. The van der Waals surface area contributed by atoms with Gasteiger partial charge in [0.05, 0.1) is 25.7 Å². The van der Waals surface area contributed by atoms with E-state index in [0.717, 1.165) is 10.6 Å². The van der Waals surface area contributed by atoms with Crippen molar-refractivity contribution in [3.05, 3.63) is 41.4 Å². The molecule has 0 radical (unpaired) electrons. The topological polar surface area (TPSA) is 69.4 Å². The van der Waals surface area contributed by atoms with E-state index >= 15 is 0 Å². The SMILES string of the molecule is COc1ccc(OC)c(-n2nnc(CO)c2-c2cccs2)c1. The molecule has 0 spiro atoms. The van der Waals surface area contributed by atoms with Gasteiger partial charge >= 0.3 is 0 Å². The molecule has 0 amide bonds. The van der Waals surface area contributed by atoms with Crippen molar-refractivity contribution in [3.63, 3.8) is 0 Å². The Labute approximate surface area is 131 Å². The molecule has 22 heavy (non-hydrogen) atoms. The van der Waals surface area contributed by atoms with Crippen LogP contribution in [-0.2, 0) is 6.61 Å². The van der Waals surface area contributed by atoms with Crippen LogP contribution in [0.3, 0.4) is 0 Å². The maximum Gasteiger partial charge on any atom is 0.144 e. The van der Waals surface area contributed by atoms with Crippen molar-refractivity contribution in [2.45, 2.75) is 6.61 Å². The average molecular weight is 317 g/mol. The molecule has 3 rings (SSSR count). The van der Waals surface area contributed by atoms with Gasteiger partial charge in [-0.3, -0.25) is 0 Å². The monoisotopic (exact) mass is 317 g/mol. The fraction of sp³-hybridized carbons (Fsp3) is 0.200. The van der Waals surface area contributed by atoms with Crippen LogP contribution in [0.25, 0.3) is 16.3 Å². The highest BCUT2D eigenvalue weighted by Crippen LogP contribution is 2.34. The van der Waals surface area contributed by atoms with E-state index < -0.39 is 0 Å². The summed E-state index contributed by atoms with van der Waals surface area (Å²) in [7, 11) is 3.20. The number of hydrogen-bond donors (Lipinski definition) is 1. The van der Waals surface area contributed by atoms with E-state index in [0.29, 0.717) is 22.9 Å². The van der Waals surface area contributed by atoms with Crippen LogP contribution in [0.1, 0.15) is 5.69 Å². The van der Waals surface area contributed by atoms with Gasteiger partial charge in [0.15, 0.2) is 0 Å².